The number of carbonyl (C=O) groups excluding carboxylic acids is 1. The molecule has 0 spiro atoms. The minimum absolute atomic E-state index is 0.216. The van der Waals surface area contributed by atoms with Gasteiger partial charge >= 0.3 is 12.1 Å². The quantitative estimate of drug-likeness (QED) is 0.824. The summed E-state index contributed by atoms with van der Waals surface area (Å²) in [5, 5.41) is 11.8. The number of rotatable bonds is 5. The van der Waals surface area contributed by atoms with Crippen LogP contribution in [0.2, 0.25) is 0 Å². The molecule has 0 saturated heterocycles. The first-order valence-corrected chi connectivity index (χ1v) is 8.37. The van der Waals surface area contributed by atoms with Crippen LogP contribution in [-0.4, -0.2) is 28.8 Å². The standard InChI is InChI=1S/C20H29NO4/c1-12-8-9-16(10-13(12)2)15(4)14(3)11-17(18(22)23)21-19(24)25-20(5,6)7/h8-10,17H,11H2,1-7H3,(H,21,24)(H,22,23)/b15-14-/t17-/m0/s1. The van der Waals surface area contributed by atoms with E-state index in [-0.39, 0.29) is 6.42 Å². The number of nitrogens with one attached hydrogen (secondary N) is 1. The SMILES string of the molecule is C/C(C[C@H](NC(=O)OC(C)(C)C)C(=O)O)=C(\C)c1ccc(C)c(C)c1. The average molecular weight is 347 g/mol. The number of ether oxygens (including phenoxy) is 1. The van der Waals surface area contributed by atoms with E-state index in [1.54, 1.807) is 20.8 Å². The van der Waals surface area contributed by atoms with E-state index < -0.39 is 23.7 Å². The third-order valence-corrected chi connectivity index (χ3v) is 4.08. The average Bonchev–Trinajstić information content (AvgIpc) is 2.46. The third-order valence-electron chi connectivity index (χ3n) is 4.08. The van der Waals surface area contributed by atoms with Crippen molar-refractivity contribution in [2.75, 3.05) is 0 Å². The molecule has 138 valence electrons. The van der Waals surface area contributed by atoms with E-state index >= 15 is 0 Å². The maximum absolute atomic E-state index is 11.9. The van der Waals surface area contributed by atoms with E-state index in [4.69, 9.17) is 4.74 Å². The molecule has 0 radical (unpaired) electrons. The summed E-state index contributed by atoms with van der Waals surface area (Å²) < 4.78 is 5.14. The summed E-state index contributed by atoms with van der Waals surface area (Å²) in [6.45, 7) is 13.1. The molecule has 1 rings (SSSR count). The Balaban J connectivity index is 2.94. The van der Waals surface area contributed by atoms with Crippen LogP contribution >= 0.6 is 0 Å². The molecule has 2 N–H and O–H groups in total. The third kappa shape index (κ3) is 6.61. The molecule has 1 atom stereocenters. The summed E-state index contributed by atoms with van der Waals surface area (Å²) in [6, 6.07) is 5.13. The number of carboxylic acids is 1. The second-order valence-electron chi connectivity index (χ2n) is 7.45. The largest absolute Gasteiger partial charge is 0.480 e. The van der Waals surface area contributed by atoms with E-state index in [1.807, 2.05) is 26.8 Å². The molecule has 1 aromatic rings. The first-order chi connectivity index (χ1) is 11.4. The van der Waals surface area contributed by atoms with Crippen LogP contribution < -0.4 is 5.32 Å². The second kappa shape index (κ2) is 8.19. The monoisotopic (exact) mass is 347 g/mol. The molecule has 0 unspecified atom stereocenters. The molecule has 0 bridgehead atoms. The maximum Gasteiger partial charge on any atom is 0.408 e. The molecule has 1 amide bonds. The zero-order chi connectivity index (χ0) is 19.4. The van der Waals surface area contributed by atoms with E-state index in [0.29, 0.717) is 0 Å². The van der Waals surface area contributed by atoms with Gasteiger partial charge in [0.2, 0.25) is 0 Å². The predicted molar refractivity (Wildman–Crippen MR) is 99.6 cm³/mol. The Morgan fingerprint density at radius 1 is 1.16 bits per heavy atom. The van der Waals surface area contributed by atoms with Crippen LogP contribution in [0.5, 0.6) is 0 Å². The van der Waals surface area contributed by atoms with Crippen molar-refractivity contribution in [3.8, 4) is 0 Å². The van der Waals surface area contributed by atoms with Crippen LogP contribution in [-0.2, 0) is 9.53 Å². The van der Waals surface area contributed by atoms with Gasteiger partial charge in [0.05, 0.1) is 0 Å². The summed E-state index contributed by atoms with van der Waals surface area (Å²) in [6.07, 6.45) is -0.510. The molecule has 1 aromatic carbocycles. The molecule has 0 aliphatic heterocycles. The fraction of sp³-hybridized carbons (Fsp3) is 0.500. The Kier molecular flexibility index (Phi) is 6.79. The molecule has 0 aliphatic rings. The van der Waals surface area contributed by atoms with Crippen molar-refractivity contribution in [1.29, 1.82) is 0 Å². The number of carboxylic acid groups (broad SMARTS) is 1. The lowest BCUT2D eigenvalue weighted by Gasteiger charge is -2.22. The topological polar surface area (TPSA) is 75.6 Å². The smallest absolute Gasteiger partial charge is 0.408 e. The van der Waals surface area contributed by atoms with Crippen LogP contribution in [0.15, 0.2) is 23.8 Å². The van der Waals surface area contributed by atoms with Crippen molar-refractivity contribution in [2.45, 2.75) is 66.5 Å². The van der Waals surface area contributed by atoms with Gasteiger partial charge in [-0.1, -0.05) is 23.8 Å². The zero-order valence-electron chi connectivity index (χ0n) is 16.2. The van der Waals surface area contributed by atoms with Crippen molar-refractivity contribution >= 4 is 17.6 Å². The Morgan fingerprint density at radius 2 is 1.76 bits per heavy atom. The van der Waals surface area contributed by atoms with E-state index in [0.717, 1.165) is 16.7 Å². The van der Waals surface area contributed by atoms with Gasteiger partial charge in [-0.3, -0.25) is 0 Å². The lowest BCUT2D eigenvalue weighted by atomic mass is 9.95. The van der Waals surface area contributed by atoms with Crippen LogP contribution in [0.4, 0.5) is 4.79 Å². The number of amides is 1. The van der Waals surface area contributed by atoms with Crippen molar-refractivity contribution in [3.05, 3.63) is 40.5 Å². The molecule has 0 fully saturated rings. The Bertz CT molecular complexity index is 683. The van der Waals surface area contributed by atoms with Crippen molar-refractivity contribution in [2.24, 2.45) is 0 Å². The number of hydrogen-bond acceptors (Lipinski definition) is 3. The first-order valence-electron chi connectivity index (χ1n) is 8.37. The lowest BCUT2D eigenvalue weighted by molar-refractivity contribution is -0.139. The molecular weight excluding hydrogens is 318 g/mol. The van der Waals surface area contributed by atoms with Gasteiger partial charge in [-0.05, 0) is 77.2 Å². The van der Waals surface area contributed by atoms with Gasteiger partial charge in [-0.2, -0.15) is 0 Å². The number of alkyl carbamates (subject to hydrolysis) is 1. The minimum Gasteiger partial charge on any atom is -0.480 e. The number of hydrogen-bond donors (Lipinski definition) is 2. The van der Waals surface area contributed by atoms with Gasteiger partial charge in [0.25, 0.3) is 0 Å². The number of benzene rings is 1. The van der Waals surface area contributed by atoms with Crippen LogP contribution in [0.1, 0.15) is 57.7 Å². The fourth-order valence-corrected chi connectivity index (χ4v) is 2.33. The predicted octanol–water partition coefficient (Wildman–Crippen LogP) is 4.46. The molecule has 5 nitrogen and oxygen atoms in total. The first kappa shape index (κ1) is 20.7. The second-order valence-corrected chi connectivity index (χ2v) is 7.45. The van der Waals surface area contributed by atoms with Gasteiger partial charge in [0.15, 0.2) is 0 Å². The van der Waals surface area contributed by atoms with Crippen molar-refractivity contribution < 1.29 is 19.4 Å². The Labute approximate surface area is 150 Å². The van der Waals surface area contributed by atoms with E-state index in [9.17, 15) is 14.7 Å². The highest BCUT2D eigenvalue weighted by molar-refractivity contribution is 5.81. The summed E-state index contributed by atoms with van der Waals surface area (Å²) >= 11 is 0. The number of carbonyl (C=O) groups is 2. The minimum atomic E-state index is -1.09. The fourth-order valence-electron chi connectivity index (χ4n) is 2.33. The van der Waals surface area contributed by atoms with E-state index in [2.05, 4.69) is 24.4 Å². The maximum atomic E-state index is 11.9. The summed E-state index contributed by atoms with van der Waals surface area (Å²) in [4.78, 5) is 23.4. The Morgan fingerprint density at radius 3 is 2.24 bits per heavy atom. The van der Waals surface area contributed by atoms with Crippen molar-refractivity contribution in [1.82, 2.24) is 5.32 Å². The van der Waals surface area contributed by atoms with Crippen molar-refractivity contribution in [3.63, 3.8) is 0 Å². The van der Waals surface area contributed by atoms with Gasteiger partial charge in [0, 0.05) is 0 Å². The van der Waals surface area contributed by atoms with Gasteiger partial charge in [-0.15, -0.1) is 0 Å². The molecular formula is C20H29NO4. The zero-order valence-corrected chi connectivity index (χ0v) is 16.2. The van der Waals surface area contributed by atoms with Crippen LogP contribution in [0.3, 0.4) is 0 Å². The molecule has 5 heteroatoms. The molecule has 0 aliphatic carbocycles. The summed E-state index contributed by atoms with van der Waals surface area (Å²) in [7, 11) is 0. The highest BCUT2D eigenvalue weighted by Crippen LogP contribution is 2.23. The van der Waals surface area contributed by atoms with Crippen LogP contribution in [0, 0.1) is 13.8 Å². The van der Waals surface area contributed by atoms with Gasteiger partial charge in [0.1, 0.15) is 11.6 Å². The number of aryl methyl sites for hydroxylation is 2. The number of allylic oxidation sites excluding steroid dienone is 1. The van der Waals surface area contributed by atoms with E-state index in [1.165, 1.54) is 11.1 Å². The summed E-state index contributed by atoms with van der Waals surface area (Å²) in [5.41, 5.74) is 4.71. The summed E-state index contributed by atoms with van der Waals surface area (Å²) in [5.74, 6) is -1.09. The molecule has 25 heavy (non-hydrogen) atoms. The van der Waals surface area contributed by atoms with Gasteiger partial charge < -0.3 is 15.2 Å². The van der Waals surface area contributed by atoms with Crippen LogP contribution in [0.25, 0.3) is 5.57 Å². The lowest BCUT2D eigenvalue weighted by Crippen LogP contribution is -2.43. The van der Waals surface area contributed by atoms with Gasteiger partial charge in [-0.25, -0.2) is 9.59 Å². The molecule has 0 heterocycles. The molecule has 0 saturated carbocycles. The Hall–Kier alpha value is -2.30. The number of aliphatic carboxylic acids is 1. The highest BCUT2D eigenvalue weighted by atomic mass is 16.6. The normalized spacial score (nSPS) is 13.7. The molecule has 0 aromatic heterocycles. The highest BCUT2D eigenvalue weighted by Gasteiger charge is 2.24.